The average molecular weight is 376 g/mol. The lowest BCUT2D eigenvalue weighted by atomic mass is 10.2. The minimum atomic E-state index is -0.355. The van der Waals surface area contributed by atoms with Gasteiger partial charge < -0.3 is 15.1 Å². The van der Waals surface area contributed by atoms with E-state index in [1.54, 1.807) is 23.4 Å². The normalized spacial score (nSPS) is 17.3. The van der Waals surface area contributed by atoms with Gasteiger partial charge in [-0.2, -0.15) is 0 Å². The first-order valence-corrected chi connectivity index (χ1v) is 9.06. The molecule has 136 valence electrons. The number of carbonyl (C=O) groups excluding carboxylic acids is 1. The number of hydrogen-bond donors (Lipinski definition) is 1. The molecule has 4 rings (SSSR count). The van der Waals surface area contributed by atoms with E-state index < -0.39 is 0 Å². The van der Waals surface area contributed by atoms with Crippen LogP contribution >= 0.6 is 11.6 Å². The van der Waals surface area contributed by atoms with Gasteiger partial charge in [0.15, 0.2) is 0 Å². The molecule has 2 aliphatic rings. The number of piperazine rings is 1. The third kappa shape index (κ3) is 3.72. The smallest absolute Gasteiger partial charge is 0.322 e. The number of hydrogen-bond acceptors (Lipinski definition) is 4. The fraction of sp³-hybridized carbons (Fsp3) is 0.389. The second-order valence-corrected chi connectivity index (χ2v) is 7.01. The van der Waals surface area contributed by atoms with Crippen molar-refractivity contribution in [2.45, 2.75) is 18.8 Å². The maximum Gasteiger partial charge on any atom is 0.322 e. The third-order valence-corrected chi connectivity index (χ3v) is 4.99. The number of halogens is 2. The van der Waals surface area contributed by atoms with Crippen molar-refractivity contribution in [3.8, 4) is 0 Å². The van der Waals surface area contributed by atoms with Crippen molar-refractivity contribution in [2.24, 2.45) is 0 Å². The van der Waals surface area contributed by atoms with Gasteiger partial charge in [0, 0.05) is 32.1 Å². The Labute approximate surface area is 156 Å². The van der Waals surface area contributed by atoms with Gasteiger partial charge in [0.1, 0.15) is 11.6 Å². The lowest BCUT2D eigenvalue weighted by Crippen LogP contribution is -2.50. The van der Waals surface area contributed by atoms with E-state index >= 15 is 0 Å². The van der Waals surface area contributed by atoms with E-state index in [1.807, 2.05) is 0 Å². The van der Waals surface area contributed by atoms with Crippen molar-refractivity contribution >= 4 is 29.0 Å². The topological polar surface area (TPSA) is 61.4 Å². The summed E-state index contributed by atoms with van der Waals surface area (Å²) >= 11 is 6.12. The molecule has 2 fully saturated rings. The highest BCUT2D eigenvalue weighted by molar-refractivity contribution is 6.33. The number of rotatable bonds is 3. The molecule has 0 radical (unpaired) electrons. The molecule has 0 bridgehead atoms. The molecule has 1 N–H and O–H groups in total. The Morgan fingerprint density at radius 3 is 2.46 bits per heavy atom. The lowest BCUT2D eigenvalue weighted by Gasteiger charge is -2.36. The van der Waals surface area contributed by atoms with Crippen molar-refractivity contribution in [2.75, 3.05) is 36.4 Å². The van der Waals surface area contributed by atoms with Crippen LogP contribution in [0.5, 0.6) is 0 Å². The van der Waals surface area contributed by atoms with Gasteiger partial charge >= 0.3 is 6.03 Å². The van der Waals surface area contributed by atoms with Gasteiger partial charge in [-0.15, -0.1) is 0 Å². The van der Waals surface area contributed by atoms with Gasteiger partial charge in [-0.05, 0) is 31.0 Å². The van der Waals surface area contributed by atoms with Gasteiger partial charge in [-0.1, -0.05) is 11.6 Å². The summed E-state index contributed by atoms with van der Waals surface area (Å²) in [6.07, 6.45) is 5.61. The van der Waals surface area contributed by atoms with Crippen LogP contribution in [0.2, 0.25) is 5.02 Å². The van der Waals surface area contributed by atoms with E-state index in [2.05, 4.69) is 20.2 Å². The van der Waals surface area contributed by atoms with Crippen molar-refractivity contribution in [3.63, 3.8) is 0 Å². The second-order valence-electron chi connectivity index (χ2n) is 6.60. The van der Waals surface area contributed by atoms with Gasteiger partial charge in [-0.25, -0.2) is 19.2 Å². The van der Waals surface area contributed by atoms with Crippen LogP contribution in [0.1, 0.15) is 24.6 Å². The van der Waals surface area contributed by atoms with E-state index in [0.717, 1.165) is 24.4 Å². The molecule has 2 aromatic rings. The summed E-state index contributed by atoms with van der Waals surface area (Å²) in [7, 11) is 0. The van der Waals surface area contributed by atoms with Gasteiger partial charge in [-0.3, -0.25) is 0 Å². The molecule has 8 heteroatoms. The maximum absolute atomic E-state index is 13.2. The van der Waals surface area contributed by atoms with E-state index in [4.69, 9.17) is 11.6 Å². The molecule has 1 aromatic carbocycles. The molecule has 1 aromatic heterocycles. The Kier molecular flexibility index (Phi) is 4.63. The Hall–Kier alpha value is -2.41. The van der Waals surface area contributed by atoms with Gasteiger partial charge in [0.25, 0.3) is 0 Å². The molecular weight excluding hydrogens is 357 g/mol. The monoisotopic (exact) mass is 375 g/mol. The summed E-state index contributed by atoms with van der Waals surface area (Å²) in [4.78, 5) is 24.8. The number of nitrogens with zero attached hydrogens (tertiary/aromatic N) is 4. The predicted molar refractivity (Wildman–Crippen MR) is 98.2 cm³/mol. The Morgan fingerprint density at radius 1 is 1.15 bits per heavy atom. The zero-order valence-corrected chi connectivity index (χ0v) is 14.9. The summed E-state index contributed by atoms with van der Waals surface area (Å²) in [6, 6.07) is 4.21. The fourth-order valence-corrected chi connectivity index (χ4v) is 3.33. The minimum absolute atomic E-state index is 0.169. The average Bonchev–Trinajstić information content (AvgIpc) is 3.48. The summed E-state index contributed by atoms with van der Waals surface area (Å²) in [6.45, 7) is 2.38. The third-order valence-electron chi connectivity index (χ3n) is 4.68. The van der Waals surface area contributed by atoms with E-state index in [1.165, 1.54) is 12.1 Å². The number of nitrogens with one attached hydrogen (secondary N) is 1. The number of aromatic nitrogens is 2. The van der Waals surface area contributed by atoms with Crippen molar-refractivity contribution in [3.05, 3.63) is 47.3 Å². The summed E-state index contributed by atoms with van der Waals surface area (Å²) in [5.41, 5.74) is 1.39. The van der Waals surface area contributed by atoms with Gasteiger partial charge in [0.2, 0.25) is 0 Å². The molecule has 2 heterocycles. The molecular formula is C18H19ClFN5O. The highest BCUT2D eigenvalue weighted by atomic mass is 35.5. The Bertz CT molecular complexity index is 804. The molecule has 2 amide bonds. The van der Waals surface area contributed by atoms with Crippen molar-refractivity contribution in [1.29, 1.82) is 0 Å². The van der Waals surface area contributed by atoms with E-state index in [-0.39, 0.29) is 11.8 Å². The minimum Gasteiger partial charge on any atom is -0.367 e. The van der Waals surface area contributed by atoms with E-state index in [0.29, 0.717) is 42.8 Å². The molecule has 1 aliphatic heterocycles. The second kappa shape index (κ2) is 7.07. The zero-order valence-electron chi connectivity index (χ0n) is 14.2. The molecule has 1 saturated heterocycles. The van der Waals surface area contributed by atoms with E-state index in [9.17, 15) is 9.18 Å². The summed E-state index contributed by atoms with van der Waals surface area (Å²) < 4.78 is 13.2. The SMILES string of the molecule is O=C(Nc1cnc(C2CC2)nc1)N1CCN(c2ccc(F)cc2Cl)CC1. The molecule has 6 nitrogen and oxygen atoms in total. The summed E-state index contributed by atoms with van der Waals surface area (Å²) in [5, 5.41) is 3.22. The maximum atomic E-state index is 13.2. The number of carbonyl (C=O) groups is 1. The standard InChI is InChI=1S/C18H19ClFN5O/c19-15-9-13(20)3-4-16(15)24-5-7-25(8-6-24)18(26)23-14-10-21-17(22-11-14)12-1-2-12/h3-4,9-12H,1-2,5-8H2,(H,23,26). The molecule has 1 aliphatic carbocycles. The largest absolute Gasteiger partial charge is 0.367 e. The van der Waals surface area contributed by atoms with Crippen LogP contribution < -0.4 is 10.2 Å². The Balaban J connectivity index is 1.32. The molecule has 0 spiro atoms. The number of anilines is 2. The number of amides is 2. The highest BCUT2D eigenvalue weighted by Gasteiger charge is 2.26. The molecule has 1 saturated carbocycles. The lowest BCUT2D eigenvalue weighted by molar-refractivity contribution is 0.208. The van der Waals surface area contributed by atoms with Crippen LogP contribution in [0.25, 0.3) is 0 Å². The van der Waals surface area contributed by atoms with Crippen LogP contribution in [-0.2, 0) is 0 Å². The van der Waals surface area contributed by atoms with Crippen molar-refractivity contribution in [1.82, 2.24) is 14.9 Å². The predicted octanol–water partition coefficient (Wildman–Crippen LogP) is 3.50. The van der Waals surface area contributed by atoms with Crippen LogP contribution in [0.4, 0.5) is 20.6 Å². The first-order valence-electron chi connectivity index (χ1n) is 8.68. The first kappa shape index (κ1) is 17.0. The van der Waals surface area contributed by atoms with Crippen LogP contribution in [0.15, 0.2) is 30.6 Å². The summed E-state index contributed by atoms with van der Waals surface area (Å²) in [5.74, 6) is 0.991. The van der Waals surface area contributed by atoms with Crippen LogP contribution in [0, 0.1) is 5.82 Å². The fourth-order valence-electron chi connectivity index (χ4n) is 3.05. The highest BCUT2D eigenvalue weighted by Crippen LogP contribution is 2.37. The molecule has 0 unspecified atom stereocenters. The van der Waals surface area contributed by atoms with Crippen LogP contribution in [0.3, 0.4) is 0 Å². The van der Waals surface area contributed by atoms with Crippen molar-refractivity contribution < 1.29 is 9.18 Å². The zero-order chi connectivity index (χ0) is 18.1. The first-order chi connectivity index (χ1) is 12.6. The number of benzene rings is 1. The number of urea groups is 1. The van der Waals surface area contributed by atoms with Crippen LogP contribution in [-0.4, -0.2) is 47.1 Å². The molecule has 26 heavy (non-hydrogen) atoms. The Morgan fingerprint density at radius 2 is 1.85 bits per heavy atom. The molecule has 0 atom stereocenters. The quantitative estimate of drug-likeness (QED) is 0.891. The van der Waals surface area contributed by atoms with Gasteiger partial charge in [0.05, 0.1) is 28.8 Å².